The minimum atomic E-state index is 0.154. The minimum absolute atomic E-state index is 0.154. The molecule has 0 amide bonds. The average molecular weight is 2110 g/mol. The molecule has 0 N–H and O–H groups in total. The van der Waals surface area contributed by atoms with Crippen molar-refractivity contribution in [3.05, 3.63) is 504 Å². The van der Waals surface area contributed by atoms with Gasteiger partial charge in [-0.25, -0.2) is 4.98 Å². The standard InChI is InChI=1S/C49H29N3OSe.C47H29N3Se.C41H25N3Se/c1-3-13-30(14-4-1)36-20-11-21-38-37-26-25-33(29-44(37)54-46(36)38)41-28-34(27-32-17-7-8-18-35(32)41)48-50-47(31-15-5-2-6-16-31)51-49(52-48)40-22-12-24-43-45(40)39-19-9-10-23-42(39)53-43;1-3-14-31(15-4-1)35-21-11-23-40-41-24-12-22-39(44(41)51-43(35)40)38-27-28-42(37-20-10-9-19-36(37)38)47-49-45(32-16-5-2-6-17-32)48-46(50-47)34-26-25-30-13-7-8-18-33(30)29-34;1-3-10-26(11-4-1)39-42-40(27-12-5-2-6-13-27)44-41(43-39)31-21-23-33-29(25-31)19-18-28-24-30(20-22-32(28)33)34-15-9-16-36-35-14-7-8-17-37(35)45-38(34)36/h1-29H;1-29H;1-25H. The van der Waals surface area contributed by atoms with Crippen molar-refractivity contribution in [2.24, 2.45) is 0 Å². The first kappa shape index (κ1) is 89.4. The van der Waals surface area contributed by atoms with E-state index in [9.17, 15) is 0 Å². The third-order valence-electron chi connectivity index (χ3n) is 28.6. The Hall–Kier alpha value is -18.3. The summed E-state index contributed by atoms with van der Waals surface area (Å²) in [6.45, 7) is 0. The fourth-order valence-electron chi connectivity index (χ4n) is 21.4. The molecule has 0 aliphatic carbocycles. The smallest absolute Gasteiger partial charge is 0.0615 e. The Morgan fingerprint density at radius 1 is 0.133 bits per heavy atom. The number of benzene rings is 23. The quantitative estimate of drug-likeness (QED) is 0.0766. The SMILES string of the molecule is c1ccc(-c2nc(-c3cc(-c4ccc5c(c4)[se]c4c(-c6ccccc6)cccc45)c4ccccc4c3)nc(-c3cccc4oc5ccccc5c34)n2)cc1.c1ccc(-c2nc(-c3ccc4ccccc4c3)nc(-c3ccc(-c4cccc5c4[se]c4c(-c6ccccc6)cccc45)c4ccccc34)n2)cc1.c1ccc(-c2nc(-c3ccccc3)nc(-c3ccc4c(ccc5cc(-c6cccc7c6[se]c6ccccc67)ccc54)c3)n2)cc1. The molecule has 7 aromatic heterocycles. The van der Waals surface area contributed by atoms with Gasteiger partial charge in [-0.15, -0.1) is 0 Å². The zero-order valence-corrected chi connectivity index (χ0v) is 85.7. The van der Waals surface area contributed by atoms with E-state index in [-0.39, 0.29) is 29.0 Å². The van der Waals surface area contributed by atoms with Crippen molar-refractivity contribution in [3.8, 4) is 158 Å². The van der Waals surface area contributed by atoms with E-state index in [2.05, 4.69) is 376 Å². The van der Waals surface area contributed by atoms with Gasteiger partial charge < -0.3 is 4.42 Å². The van der Waals surface area contributed by atoms with Crippen LogP contribution in [0.3, 0.4) is 0 Å². The topological polar surface area (TPSA) is 129 Å². The maximum atomic E-state index is 6.27. The van der Waals surface area contributed by atoms with Crippen LogP contribution in [0.4, 0.5) is 0 Å². The molecule has 0 aliphatic rings. The fraction of sp³-hybridized carbons (Fsp3) is 0. The summed E-state index contributed by atoms with van der Waals surface area (Å²) in [6.07, 6.45) is 0. The van der Waals surface area contributed by atoms with E-state index in [1.165, 1.54) is 140 Å². The second kappa shape index (κ2) is 38.3. The van der Waals surface area contributed by atoms with Crippen LogP contribution in [0.15, 0.2) is 508 Å². The zero-order chi connectivity index (χ0) is 99.1. The summed E-state index contributed by atoms with van der Waals surface area (Å²) < 4.78 is 15.0. The molecule has 0 bridgehead atoms. The van der Waals surface area contributed by atoms with Crippen molar-refractivity contribution in [2.45, 2.75) is 0 Å². The average Bonchev–Trinajstić information content (AvgIpc) is 1.67. The molecule has 0 unspecified atom stereocenters. The Kier molecular flexibility index (Phi) is 22.8. The molecular formula is C137H83N9OSe3. The number of para-hydroxylation sites is 1. The van der Waals surface area contributed by atoms with Crippen molar-refractivity contribution in [1.29, 1.82) is 0 Å². The van der Waals surface area contributed by atoms with E-state index >= 15 is 0 Å². The maximum absolute atomic E-state index is 6.27. The molecule has 0 saturated carbocycles. The van der Waals surface area contributed by atoms with Crippen LogP contribution in [0.1, 0.15) is 0 Å². The van der Waals surface area contributed by atoms with Crippen molar-refractivity contribution < 1.29 is 4.42 Å². The van der Waals surface area contributed by atoms with Gasteiger partial charge in [-0.2, -0.15) is 0 Å². The van der Waals surface area contributed by atoms with Gasteiger partial charge in [-0.1, -0.05) is 115 Å². The first-order valence-electron chi connectivity index (χ1n) is 50.2. The van der Waals surface area contributed by atoms with Gasteiger partial charge in [0.25, 0.3) is 0 Å². The molecule has 30 aromatic rings. The Bertz CT molecular complexity index is 10500. The predicted molar refractivity (Wildman–Crippen MR) is 626 cm³/mol. The number of hydrogen-bond acceptors (Lipinski definition) is 10. The van der Waals surface area contributed by atoms with Gasteiger partial charge in [0.1, 0.15) is 5.58 Å². The molecule has 0 saturated heterocycles. The Labute approximate surface area is 880 Å². The van der Waals surface area contributed by atoms with E-state index in [1.54, 1.807) is 0 Å². The van der Waals surface area contributed by atoms with E-state index in [1.807, 2.05) is 127 Å². The molecule has 0 aliphatic heterocycles. The summed E-state index contributed by atoms with van der Waals surface area (Å²) in [5.74, 6) is 5.85. The Morgan fingerprint density at radius 2 is 0.453 bits per heavy atom. The summed E-state index contributed by atoms with van der Waals surface area (Å²) in [7, 11) is 0. The van der Waals surface area contributed by atoms with Crippen molar-refractivity contribution >= 4 is 177 Å². The second-order valence-electron chi connectivity index (χ2n) is 37.6. The van der Waals surface area contributed by atoms with E-state index in [0.29, 0.717) is 66.9 Å². The Balaban J connectivity index is 0.000000108. The normalized spacial score (nSPS) is 11.6. The molecule has 30 rings (SSSR count). The summed E-state index contributed by atoms with van der Waals surface area (Å²) in [5.41, 5.74) is 23.0. The first-order valence-corrected chi connectivity index (χ1v) is 55.3. The van der Waals surface area contributed by atoms with Crippen molar-refractivity contribution in [1.82, 2.24) is 44.9 Å². The fourth-order valence-corrected chi connectivity index (χ4v) is 29.5. The van der Waals surface area contributed by atoms with Crippen molar-refractivity contribution in [3.63, 3.8) is 0 Å². The van der Waals surface area contributed by atoms with Gasteiger partial charge in [0, 0.05) is 11.1 Å². The van der Waals surface area contributed by atoms with Crippen LogP contribution >= 0.6 is 0 Å². The van der Waals surface area contributed by atoms with Crippen LogP contribution < -0.4 is 0 Å². The Morgan fingerprint density at radius 3 is 1.01 bits per heavy atom. The molecular weight excluding hydrogens is 2020 g/mol. The monoisotopic (exact) mass is 2110 g/mol. The molecule has 7 heterocycles. The summed E-state index contributed by atoms with van der Waals surface area (Å²) >= 11 is 0.639. The summed E-state index contributed by atoms with van der Waals surface area (Å²) in [6, 6.07) is 178. The van der Waals surface area contributed by atoms with Crippen LogP contribution in [-0.4, -0.2) is 88.4 Å². The van der Waals surface area contributed by atoms with E-state index < -0.39 is 0 Å². The predicted octanol–water partition coefficient (Wildman–Crippen LogP) is 34.7. The molecule has 23 aromatic carbocycles. The molecule has 10 nitrogen and oxygen atoms in total. The number of hydrogen-bond donors (Lipinski definition) is 0. The van der Waals surface area contributed by atoms with Gasteiger partial charge in [0.05, 0.1) is 0 Å². The van der Waals surface area contributed by atoms with Crippen LogP contribution in [0.25, 0.3) is 292 Å². The molecule has 700 valence electrons. The van der Waals surface area contributed by atoms with Gasteiger partial charge in [-0.3, -0.25) is 0 Å². The second-order valence-corrected chi connectivity index (χ2v) is 44.1. The molecule has 0 atom stereocenters. The van der Waals surface area contributed by atoms with E-state index in [4.69, 9.17) is 49.3 Å². The van der Waals surface area contributed by atoms with E-state index in [0.717, 1.165) is 99.1 Å². The zero-order valence-electron chi connectivity index (χ0n) is 80.6. The number of nitrogens with zero attached hydrogens (tertiary/aromatic N) is 9. The molecule has 13 heteroatoms. The van der Waals surface area contributed by atoms with Crippen LogP contribution in [0, 0.1) is 0 Å². The molecule has 0 spiro atoms. The van der Waals surface area contributed by atoms with Gasteiger partial charge in [0.15, 0.2) is 11.6 Å². The molecule has 0 radical (unpaired) electrons. The van der Waals surface area contributed by atoms with Gasteiger partial charge >= 0.3 is 718 Å². The van der Waals surface area contributed by atoms with Crippen LogP contribution in [0.2, 0.25) is 0 Å². The molecule has 150 heavy (non-hydrogen) atoms. The minimum Gasteiger partial charge on any atom is -0.0615 e. The first-order chi connectivity index (χ1) is 74.3. The van der Waals surface area contributed by atoms with Gasteiger partial charge in [0.2, 0.25) is 0 Å². The summed E-state index contributed by atoms with van der Waals surface area (Å²) in [4.78, 5) is 45.5. The number of fused-ring (bicyclic) bond motifs is 18. The van der Waals surface area contributed by atoms with Crippen LogP contribution in [0.5, 0.6) is 0 Å². The third kappa shape index (κ3) is 16.5. The number of furan rings is 1. The number of rotatable bonds is 14. The van der Waals surface area contributed by atoms with Gasteiger partial charge in [-0.05, 0) is 17.5 Å². The van der Waals surface area contributed by atoms with Crippen LogP contribution in [-0.2, 0) is 0 Å². The third-order valence-corrected chi connectivity index (χ3v) is 36.4. The molecule has 0 fully saturated rings. The summed E-state index contributed by atoms with van der Waals surface area (Å²) in [5, 5.41) is 22.1. The van der Waals surface area contributed by atoms with Crippen molar-refractivity contribution in [2.75, 3.05) is 0 Å². The number of aromatic nitrogens is 9.